The fourth-order valence-electron chi connectivity index (χ4n) is 4.91. The molecule has 0 amide bonds. The molecule has 0 radical (unpaired) electrons. The maximum Gasteiger partial charge on any atom is 0.138 e. The molecule has 0 N–H and O–H groups in total. The van der Waals surface area contributed by atoms with Crippen molar-refractivity contribution in [3.8, 4) is 0 Å². The molecule has 0 bridgehead atoms. The van der Waals surface area contributed by atoms with E-state index >= 15 is 0 Å². The SMILES string of the molecule is Cc1noc(C)c1C1CCCN1C1CCN(CCc2ccccc2)CC1. The van der Waals surface area contributed by atoms with Gasteiger partial charge in [0.2, 0.25) is 0 Å². The van der Waals surface area contributed by atoms with E-state index in [1.807, 2.05) is 0 Å². The van der Waals surface area contributed by atoms with Crippen LogP contribution < -0.4 is 0 Å². The van der Waals surface area contributed by atoms with E-state index in [9.17, 15) is 0 Å². The second-order valence-corrected chi connectivity index (χ2v) is 7.94. The number of hydrogen-bond acceptors (Lipinski definition) is 4. The highest BCUT2D eigenvalue weighted by molar-refractivity contribution is 5.26. The van der Waals surface area contributed by atoms with Crippen molar-refractivity contribution in [2.24, 2.45) is 0 Å². The summed E-state index contributed by atoms with van der Waals surface area (Å²) in [5.41, 5.74) is 3.89. The number of aryl methyl sites for hydroxylation is 2. The Morgan fingerprint density at radius 1 is 1.04 bits per heavy atom. The molecule has 2 aromatic rings. The van der Waals surface area contributed by atoms with Gasteiger partial charge in [0.05, 0.1) is 5.69 Å². The molecule has 4 nitrogen and oxygen atoms in total. The van der Waals surface area contributed by atoms with Crippen LogP contribution in [0.4, 0.5) is 0 Å². The lowest BCUT2D eigenvalue weighted by atomic mass is 9.97. The minimum Gasteiger partial charge on any atom is -0.361 e. The van der Waals surface area contributed by atoms with E-state index in [2.05, 4.69) is 59.1 Å². The second kappa shape index (κ2) is 7.93. The van der Waals surface area contributed by atoms with E-state index in [-0.39, 0.29) is 0 Å². The molecule has 1 aromatic carbocycles. The molecule has 2 aliphatic heterocycles. The highest BCUT2D eigenvalue weighted by Crippen LogP contribution is 2.38. The molecule has 1 unspecified atom stereocenters. The lowest BCUT2D eigenvalue weighted by Gasteiger charge is -2.39. The summed E-state index contributed by atoms with van der Waals surface area (Å²) >= 11 is 0. The van der Waals surface area contributed by atoms with Gasteiger partial charge in [-0.1, -0.05) is 35.5 Å². The van der Waals surface area contributed by atoms with Crippen molar-refractivity contribution in [2.45, 2.75) is 58.0 Å². The van der Waals surface area contributed by atoms with Gasteiger partial charge in [0.1, 0.15) is 5.76 Å². The van der Waals surface area contributed by atoms with Crippen molar-refractivity contribution >= 4 is 0 Å². The Kier molecular flexibility index (Phi) is 5.41. The summed E-state index contributed by atoms with van der Waals surface area (Å²) in [5, 5.41) is 4.20. The van der Waals surface area contributed by atoms with Crippen LogP contribution >= 0.6 is 0 Å². The van der Waals surface area contributed by atoms with Crippen LogP contribution in [0.25, 0.3) is 0 Å². The molecule has 4 heteroatoms. The predicted octanol–water partition coefficient (Wildman–Crippen LogP) is 4.14. The van der Waals surface area contributed by atoms with E-state index < -0.39 is 0 Å². The first-order valence-electron chi connectivity index (χ1n) is 10.2. The molecule has 2 fully saturated rings. The van der Waals surface area contributed by atoms with Gasteiger partial charge in [-0.15, -0.1) is 0 Å². The smallest absolute Gasteiger partial charge is 0.138 e. The van der Waals surface area contributed by atoms with Gasteiger partial charge < -0.3 is 9.42 Å². The number of nitrogens with zero attached hydrogens (tertiary/aromatic N) is 3. The molecular formula is C22H31N3O. The summed E-state index contributed by atoms with van der Waals surface area (Å²) in [6.45, 7) is 9.02. The lowest BCUT2D eigenvalue weighted by molar-refractivity contribution is 0.0985. The molecule has 1 aromatic heterocycles. The lowest BCUT2D eigenvalue weighted by Crippen LogP contribution is -2.45. The summed E-state index contributed by atoms with van der Waals surface area (Å²) in [6, 6.07) is 12.1. The first kappa shape index (κ1) is 17.7. The molecule has 140 valence electrons. The Labute approximate surface area is 157 Å². The van der Waals surface area contributed by atoms with Crippen molar-refractivity contribution < 1.29 is 4.52 Å². The van der Waals surface area contributed by atoms with E-state index in [0.717, 1.165) is 17.9 Å². The van der Waals surface area contributed by atoms with Crippen molar-refractivity contribution in [1.29, 1.82) is 0 Å². The number of piperidine rings is 1. The van der Waals surface area contributed by atoms with Crippen LogP contribution in [0.5, 0.6) is 0 Å². The third kappa shape index (κ3) is 3.72. The maximum atomic E-state index is 5.45. The van der Waals surface area contributed by atoms with E-state index in [1.54, 1.807) is 0 Å². The third-order valence-electron chi connectivity index (χ3n) is 6.30. The fraction of sp³-hybridized carbons (Fsp3) is 0.591. The molecular weight excluding hydrogens is 322 g/mol. The van der Waals surface area contributed by atoms with Gasteiger partial charge in [-0.3, -0.25) is 4.90 Å². The molecule has 1 atom stereocenters. The summed E-state index contributed by atoms with van der Waals surface area (Å²) in [6.07, 6.45) is 6.28. The zero-order chi connectivity index (χ0) is 17.9. The van der Waals surface area contributed by atoms with Gasteiger partial charge in [-0.25, -0.2) is 0 Å². The van der Waals surface area contributed by atoms with Gasteiger partial charge in [0.25, 0.3) is 0 Å². The molecule has 2 aliphatic rings. The first-order valence-corrected chi connectivity index (χ1v) is 10.2. The topological polar surface area (TPSA) is 32.5 Å². The van der Waals surface area contributed by atoms with E-state index in [1.165, 1.54) is 63.0 Å². The maximum absolute atomic E-state index is 5.45. The Balaban J connectivity index is 1.33. The Hall–Kier alpha value is -1.65. The quantitative estimate of drug-likeness (QED) is 0.809. The molecule has 4 rings (SSSR count). The Morgan fingerprint density at radius 2 is 1.81 bits per heavy atom. The Morgan fingerprint density at radius 3 is 2.50 bits per heavy atom. The van der Waals surface area contributed by atoms with Gasteiger partial charge in [0.15, 0.2) is 0 Å². The van der Waals surface area contributed by atoms with Gasteiger partial charge >= 0.3 is 0 Å². The van der Waals surface area contributed by atoms with Crippen LogP contribution in [0.2, 0.25) is 0 Å². The minimum absolute atomic E-state index is 0.516. The van der Waals surface area contributed by atoms with Crippen LogP contribution in [-0.2, 0) is 6.42 Å². The van der Waals surface area contributed by atoms with Crippen molar-refractivity contribution in [3.05, 3.63) is 52.9 Å². The zero-order valence-corrected chi connectivity index (χ0v) is 16.2. The third-order valence-corrected chi connectivity index (χ3v) is 6.30. The summed E-state index contributed by atoms with van der Waals surface area (Å²) in [5.74, 6) is 1.01. The molecule has 0 aliphatic carbocycles. The van der Waals surface area contributed by atoms with Gasteiger partial charge in [0, 0.05) is 24.2 Å². The normalized spacial score (nSPS) is 22.9. The van der Waals surface area contributed by atoms with Gasteiger partial charge in [-0.2, -0.15) is 0 Å². The van der Waals surface area contributed by atoms with Crippen LogP contribution in [0.1, 0.15) is 54.3 Å². The molecule has 3 heterocycles. The number of hydrogen-bond donors (Lipinski definition) is 0. The molecule has 26 heavy (non-hydrogen) atoms. The summed E-state index contributed by atoms with van der Waals surface area (Å²) < 4.78 is 5.45. The summed E-state index contributed by atoms with van der Waals surface area (Å²) in [7, 11) is 0. The Bertz CT molecular complexity index is 684. The average Bonchev–Trinajstić information content (AvgIpc) is 3.27. The first-order chi connectivity index (χ1) is 12.7. The molecule has 0 saturated carbocycles. The summed E-state index contributed by atoms with van der Waals surface area (Å²) in [4.78, 5) is 5.39. The van der Waals surface area contributed by atoms with Crippen LogP contribution in [0.3, 0.4) is 0 Å². The van der Waals surface area contributed by atoms with Gasteiger partial charge in [-0.05, 0) is 71.1 Å². The number of aromatic nitrogens is 1. The number of benzene rings is 1. The van der Waals surface area contributed by atoms with Crippen LogP contribution in [0, 0.1) is 13.8 Å². The zero-order valence-electron chi connectivity index (χ0n) is 16.2. The highest BCUT2D eigenvalue weighted by atomic mass is 16.5. The largest absolute Gasteiger partial charge is 0.361 e. The number of likely N-dealkylation sites (tertiary alicyclic amines) is 2. The monoisotopic (exact) mass is 353 g/mol. The second-order valence-electron chi connectivity index (χ2n) is 7.94. The van der Waals surface area contributed by atoms with E-state index in [4.69, 9.17) is 4.52 Å². The molecule has 0 spiro atoms. The standard InChI is InChI=1S/C22H31N3O/c1-17-22(18(2)26-23-17)21-9-6-13-25(21)20-11-15-24(16-12-20)14-10-19-7-4-3-5-8-19/h3-5,7-8,20-21H,6,9-16H2,1-2H3. The average molecular weight is 354 g/mol. The predicted molar refractivity (Wildman–Crippen MR) is 104 cm³/mol. The van der Waals surface area contributed by atoms with Crippen molar-refractivity contribution in [1.82, 2.24) is 15.0 Å². The minimum atomic E-state index is 0.516. The fourth-order valence-corrected chi connectivity index (χ4v) is 4.91. The van der Waals surface area contributed by atoms with Crippen molar-refractivity contribution in [3.63, 3.8) is 0 Å². The van der Waals surface area contributed by atoms with E-state index in [0.29, 0.717) is 12.1 Å². The van der Waals surface area contributed by atoms with Crippen LogP contribution in [0.15, 0.2) is 34.9 Å². The van der Waals surface area contributed by atoms with Crippen molar-refractivity contribution in [2.75, 3.05) is 26.2 Å². The van der Waals surface area contributed by atoms with Crippen LogP contribution in [-0.4, -0.2) is 47.2 Å². The molecule has 2 saturated heterocycles. The number of rotatable bonds is 5. The highest BCUT2D eigenvalue weighted by Gasteiger charge is 2.36.